The van der Waals surface area contributed by atoms with Crippen LogP contribution in [0.3, 0.4) is 0 Å². The highest BCUT2D eigenvalue weighted by Crippen LogP contribution is 2.28. The lowest BCUT2D eigenvalue weighted by atomic mass is 10.3. The smallest absolute Gasteiger partial charge is 0.242 e. The van der Waals surface area contributed by atoms with Crippen LogP contribution >= 0.6 is 39.9 Å². The summed E-state index contributed by atoms with van der Waals surface area (Å²) in [6, 6.07) is 8.99. The minimum atomic E-state index is 0. The van der Waals surface area contributed by atoms with E-state index in [9.17, 15) is 4.79 Å². The molecular formula is C18H27BrIN5O. The van der Waals surface area contributed by atoms with Gasteiger partial charge in [0.2, 0.25) is 5.91 Å². The number of carbonyl (C=O) groups is 1. The van der Waals surface area contributed by atoms with Gasteiger partial charge >= 0.3 is 0 Å². The average molecular weight is 536 g/mol. The van der Waals surface area contributed by atoms with Gasteiger partial charge in [-0.2, -0.15) is 0 Å². The number of para-hydroxylation sites is 1. The van der Waals surface area contributed by atoms with Crippen molar-refractivity contribution in [2.24, 2.45) is 4.99 Å². The molecule has 3 rings (SSSR count). The van der Waals surface area contributed by atoms with E-state index >= 15 is 0 Å². The third-order valence-electron chi connectivity index (χ3n) is 4.39. The number of carbonyl (C=O) groups excluding carboxylic acids is 1. The van der Waals surface area contributed by atoms with E-state index in [-0.39, 0.29) is 36.4 Å². The number of guanidine groups is 1. The summed E-state index contributed by atoms with van der Waals surface area (Å²) >= 11 is 3.62. The van der Waals surface area contributed by atoms with E-state index in [1.54, 1.807) is 0 Å². The second-order valence-electron chi connectivity index (χ2n) is 6.56. The number of halogens is 2. The molecule has 0 radical (unpaired) electrons. The van der Waals surface area contributed by atoms with Crippen molar-refractivity contribution >= 4 is 57.5 Å². The zero-order valence-electron chi connectivity index (χ0n) is 15.0. The van der Waals surface area contributed by atoms with Crippen LogP contribution in [-0.4, -0.2) is 50.1 Å². The van der Waals surface area contributed by atoms with Crippen molar-refractivity contribution in [3.8, 4) is 0 Å². The Bertz CT molecular complexity index is 638. The fourth-order valence-corrected chi connectivity index (χ4v) is 3.51. The summed E-state index contributed by atoms with van der Waals surface area (Å²) in [6.45, 7) is 4.90. The zero-order chi connectivity index (χ0) is 17.6. The molecule has 0 aromatic heterocycles. The van der Waals surface area contributed by atoms with E-state index in [0.717, 1.165) is 43.4 Å². The number of anilines is 1. The maximum absolute atomic E-state index is 11.8. The molecule has 1 aromatic carbocycles. The Morgan fingerprint density at radius 3 is 2.69 bits per heavy atom. The normalized spacial score (nSPS) is 19.7. The van der Waals surface area contributed by atoms with Gasteiger partial charge in [-0.3, -0.25) is 4.79 Å². The molecule has 1 saturated carbocycles. The molecule has 1 aliphatic heterocycles. The van der Waals surface area contributed by atoms with E-state index < -0.39 is 0 Å². The SMILES string of the molecule is CCNC(=NCC(=O)NC1CC1)NC1CCN(c2ccccc2Br)C1.I. The van der Waals surface area contributed by atoms with Crippen molar-refractivity contribution in [2.75, 3.05) is 31.1 Å². The van der Waals surface area contributed by atoms with Crippen LogP contribution in [0.15, 0.2) is 33.7 Å². The molecule has 1 aliphatic carbocycles. The molecular weight excluding hydrogens is 509 g/mol. The third kappa shape index (κ3) is 6.29. The van der Waals surface area contributed by atoms with E-state index in [0.29, 0.717) is 18.0 Å². The fraction of sp³-hybridized carbons (Fsp3) is 0.556. The summed E-state index contributed by atoms with van der Waals surface area (Å²) in [7, 11) is 0. The average Bonchev–Trinajstić information content (AvgIpc) is 3.29. The van der Waals surface area contributed by atoms with Crippen LogP contribution in [-0.2, 0) is 4.79 Å². The number of rotatable bonds is 6. The van der Waals surface area contributed by atoms with Crippen LogP contribution in [0.2, 0.25) is 0 Å². The lowest BCUT2D eigenvalue weighted by molar-refractivity contribution is -0.119. The predicted octanol–water partition coefficient (Wildman–Crippen LogP) is 2.48. The van der Waals surface area contributed by atoms with Crippen molar-refractivity contribution < 1.29 is 4.79 Å². The maximum Gasteiger partial charge on any atom is 0.242 e. The molecule has 1 aromatic rings. The predicted molar refractivity (Wildman–Crippen MR) is 120 cm³/mol. The second-order valence-corrected chi connectivity index (χ2v) is 7.42. The minimum Gasteiger partial charge on any atom is -0.368 e. The van der Waals surface area contributed by atoms with Crippen molar-refractivity contribution in [3.63, 3.8) is 0 Å². The first kappa shape index (κ1) is 21.3. The summed E-state index contributed by atoms with van der Waals surface area (Å²) < 4.78 is 1.12. The summed E-state index contributed by atoms with van der Waals surface area (Å²) in [5.41, 5.74) is 1.22. The number of amides is 1. The second kappa shape index (κ2) is 10.3. The van der Waals surface area contributed by atoms with Crippen LogP contribution in [0.5, 0.6) is 0 Å². The van der Waals surface area contributed by atoms with Gasteiger partial charge in [-0.05, 0) is 54.2 Å². The molecule has 1 unspecified atom stereocenters. The molecule has 1 atom stereocenters. The summed E-state index contributed by atoms with van der Waals surface area (Å²) in [5, 5.41) is 9.66. The topological polar surface area (TPSA) is 68.8 Å². The molecule has 0 bridgehead atoms. The third-order valence-corrected chi connectivity index (χ3v) is 5.06. The summed E-state index contributed by atoms with van der Waals surface area (Å²) in [5.74, 6) is 0.716. The van der Waals surface area contributed by atoms with Gasteiger partial charge in [0.1, 0.15) is 6.54 Å². The Balaban J connectivity index is 0.00000243. The highest BCUT2D eigenvalue weighted by molar-refractivity contribution is 14.0. The number of benzene rings is 1. The largest absolute Gasteiger partial charge is 0.368 e. The molecule has 2 aliphatic rings. The molecule has 0 spiro atoms. The van der Waals surface area contributed by atoms with Gasteiger partial charge in [-0.15, -0.1) is 24.0 Å². The number of hydrogen-bond acceptors (Lipinski definition) is 3. The minimum absolute atomic E-state index is 0. The lowest BCUT2D eigenvalue weighted by Crippen LogP contribution is -2.45. The molecule has 8 heteroatoms. The Morgan fingerprint density at radius 2 is 2.00 bits per heavy atom. The van der Waals surface area contributed by atoms with E-state index in [2.05, 4.69) is 60.0 Å². The first-order valence-corrected chi connectivity index (χ1v) is 9.78. The van der Waals surface area contributed by atoms with Gasteiger partial charge in [0.25, 0.3) is 0 Å². The highest BCUT2D eigenvalue weighted by atomic mass is 127. The van der Waals surface area contributed by atoms with Crippen molar-refractivity contribution in [1.82, 2.24) is 16.0 Å². The number of nitrogens with one attached hydrogen (secondary N) is 3. The molecule has 6 nitrogen and oxygen atoms in total. The Hall–Kier alpha value is -1.03. The fourth-order valence-electron chi connectivity index (χ4n) is 2.97. The molecule has 1 heterocycles. The van der Waals surface area contributed by atoms with Gasteiger partial charge in [-0.25, -0.2) is 4.99 Å². The summed E-state index contributed by atoms with van der Waals surface area (Å²) in [6.07, 6.45) is 3.24. The van der Waals surface area contributed by atoms with Gasteiger partial charge in [0.15, 0.2) is 5.96 Å². The molecule has 144 valence electrons. The standard InChI is InChI=1S/C18H26BrN5O.HI/c1-2-20-18(21-11-17(25)22-13-7-8-13)23-14-9-10-24(12-14)16-6-4-3-5-15(16)19;/h3-6,13-14H,2,7-12H2,1H3,(H,22,25)(H2,20,21,23);1H. The monoisotopic (exact) mass is 535 g/mol. The number of aliphatic imine (C=N–C) groups is 1. The van der Waals surface area contributed by atoms with Gasteiger partial charge < -0.3 is 20.9 Å². The molecule has 3 N–H and O–H groups in total. The highest BCUT2D eigenvalue weighted by Gasteiger charge is 2.25. The van der Waals surface area contributed by atoms with Crippen LogP contribution < -0.4 is 20.9 Å². The van der Waals surface area contributed by atoms with Crippen molar-refractivity contribution in [3.05, 3.63) is 28.7 Å². The van der Waals surface area contributed by atoms with Crippen LogP contribution in [0.25, 0.3) is 0 Å². The van der Waals surface area contributed by atoms with Gasteiger partial charge in [0.05, 0.1) is 5.69 Å². The van der Waals surface area contributed by atoms with Crippen LogP contribution in [0.4, 0.5) is 5.69 Å². The Labute approximate surface area is 180 Å². The Kier molecular flexibility index (Phi) is 8.46. The molecule has 1 saturated heterocycles. The Morgan fingerprint density at radius 1 is 1.23 bits per heavy atom. The molecule has 26 heavy (non-hydrogen) atoms. The zero-order valence-corrected chi connectivity index (χ0v) is 18.9. The van der Waals surface area contributed by atoms with E-state index in [4.69, 9.17) is 0 Å². The van der Waals surface area contributed by atoms with Crippen molar-refractivity contribution in [1.29, 1.82) is 0 Å². The van der Waals surface area contributed by atoms with E-state index in [1.807, 2.05) is 13.0 Å². The number of nitrogens with zero attached hydrogens (tertiary/aromatic N) is 2. The molecule has 2 fully saturated rings. The van der Waals surface area contributed by atoms with Gasteiger partial charge in [0, 0.05) is 36.2 Å². The first-order valence-electron chi connectivity index (χ1n) is 8.99. The van der Waals surface area contributed by atoms with Crippen LogP contribution in [0, 0.1) is 0 Å². The van der Waals surface area contributed by atoms with E-state index in [1.165, 1.54) is 5.69 Å². The summed E-state index contributed by atoms with van der Waals surface area (Å²) in [4.78, 5) is 18.6. The molecule has 1 amide bonds. The first-order chi connectivity index (χ1) is 12.2. The quantitative estimate of drug-likeness (QED) is 0.297. The maximum atomic E-state index is 11.8. The lowest BCUT2D eigenvalue weighted by Gasteiger charge is -2.21. The number of hydrogen-bond donors (Lipinski definition) is 3. The van der Waals surface area contributed by atoms with Crippen molar-refractivity contribution in [2.45, 2.75) is 38.3 Å². The van der Waals surface area contributed by atoms with Crippen LogP contribution in [0.1, 0.15) is 26.2 Å². The van der Waals surface area contributed by atoms with Gasteiger partial charge in [-0.1, -0.05) is 12.1 Å².